The number of phenolic OH excluding ortho intramolecular Hbond substituents is 1. The summed E-state index contributed by atoms with van der Waals surface area (Å²) in [6.07, 6.45) is 4.28. The van der Waals surface area contributed by atoms with Crippen LogP contribution in [-0.4, -0.2) is 23.7 Å². The van der Waals surface area contributed by atoms with E-state index >= 15 is 0 Å². The van der Waals surface area contributed by atoms with Gasteiger partial charge in [0, 0.05) is 23.7 Å². The zero-order valence-electron chi connectivity index (χ0n) is 23.5. The molecule has 0 atom stereocenters. The van der Waals surface area contributed by atoms with Crippen LogP contribution in [0.5, 0.6) is 11.5 Å². The minimum atomic E-state index is -0.627. The van der Waals surface area contributed by atoms with Crippen LogP contribution in [0, 0.1) is 0 Å². The topological polar surface area (TPSA) is 101 Å². The number of esters is 1. The lowest BCUT2D eigenvalue weighted by atomic mass is 9.98. The lowest BCUT2D eigenvalue weighted by Gasteiger charge is -2.12. The molecule has 4 aromatic carbocycles. The van der Waals surface area contributed by atoms with Crippen LogP contribution in [0.1, 0.15) is 21.5 Å². The van der Waals surface area contributed by atoms with E-state index in [1.807, 2.05) is 48.5 Å². The third kappa shape index (κ3) is 8.20. The molecule has 8 heteroatoms. The van der Waals surface area contributed by atoms with Crippen molar-refractivity contribution < 1.29 is 28.7 Å². The Bertz CT molecular complexity index is 1670. The molecule has 5 aromatic rings. The van der Waals surface area contributed by atoms with Gasteiger partial charge in [-0.2, -0.15) is 4.57 Å². The monoisotopic (exact) mass is 574 g/mol. The van der Waals surface area contributed by atoms with Crippen molar-refractivity contribution in [1.29, 1.82) is 0 Å². The molecule has 5 rings (SSSR count). The zero-order chi connectivity index (χ0) is 29.9. The number of hydrogen-bond donors (Lipinski definition) is 3. The number of phenols is 1. The van der Waals surface area contributed by atoms with E-state index in [-0.39, 0.29) is 30.6 Å². The predicted molar refractivity (Wildman–Crippen MR) is 164 cm³/mol. The highest BCUT2D eigenvalue weighted by Gasteiger charge is 2.14. The molecule has 1 aromatic heterocycles. The van der Waals surface area contributed by atoms with Crippen LogP contribution in [0.2, 0.25) is 0 Å². The van der Waals surface area contributed by atoms with E-state index in [2.05, 4.69) is 34.9 Å². The number of anilines is 1. The number of carbonyl (C=O) groups is 2. The second kappa shape index (κ2) is 14.3. The maximum atomic E-state index is 12.5. The molecule has 216 valence electrons. The molecule has 0 fully saturated rings. The Kier molecular flexibility index (Phi) is 9.62. The van der Waals surface area contributed by atoms with Crippen LogP contribution >= 0.6 is 0 Å². The average molecular weight is 575 g/mol. The SMILES string of the molecule is O=C(NCc1ccc[n+](COC(=O)c2ccccc2O)c1)Nc1ccc(OCCc2ccccc2-c2ccccc2)cc1. The zero-order valence-corrected chi connectivity index (χ0v) is 23.5. The number of para-hydroxylation sites is 1. The van der Waals surface area contributed by atoms with Crippen LogP contribution in [-0.2, 0) is 24.4 Å². The van der Waals surface area contributed by atoms with Crippen molar-refractivity contribution in [3.8, 4) is 22.6 Å². The largest absolute Gasteiger partial charge is 0.507 e. The second-order valence-electron chi connectivity index (χ2n) is 9.76. The van der Waals surface area contributed by atoms with Gasteiger partial charge in [-0.3, -0.25) is 0 Å². The molecular formula is C35H32N3O5+. The van der Waals surface area contributed by atoms with Crippen LogP contribution in [0.4, 0.5) is 10.5 Å². The van der Waals surface area contributed by atoms with E-state index in [0.717, 1.165) is 17.7 Å². The Balaban J connectivity index is 1.06. The Morgan fingerprint density at radius 3 is 2.35 bits per heavy atom. The van der Waals surface area contributed by atoms with E-state index in [9.17, 15) is 14.7 Å². The van der Waals surface area contributed by atoms with Crippen molar-refractivity contribution in [3.63, 3.8) is 0 Å². The molecule has 0 spiro atoms. The van der Waals surface area contributed by atoms with Crippen molar-refractivity contribution in [2.24, 2.45) is 0 Å². The Morgan fingerprint density at radius 2 is 1.53 bits per heavy atom. The Morgan fingerprint density at radius 1 is 0.791 bits per heavy atom. The molecule has 8 nitrogen and oxygen atoms in total. The molecule has 0 aliphatic heterocycles. The first-order chi connectivity index (χ1) is 21.0. The van der Waals surface area contributed by atoms with Gasteiger partial charge in [-0.25, -0.2) is 9.59 Å². The van der Waals surface area contributed by atoms with Gasteiger partial charge < -0.3 is 25.2 Å². The minimum absolute atomic E-state index is 0.0405. The van der Waals surface area contributed by atoms with E-state index < -0.39 is 5.97 Å². The molecule has 43 heavy (non-hydrogen) atoms. The van der Waals surface area contributed by atoms with Gasteiger partial charge in [0.15, 0.2) is 12.4 Å². The number of ether oxygens (including phenoxy) is 2. The van der Waals surface area contributed by atoms with Crippen molar-refractivity contribution >= 4 is 17.7 Å². The van der Waals surface area contributed by atoms with Gasteiger partial charge in [0.25, 0.3) is 6.73 Å². The number of pyridine rings is 1. The Hall–Kier alpha value is -5.63. The summed E-state index contributed by atoms with van der Waals surface area (Å²) >= 11 is 0. The van der Waals surface area contributed by atoms with Gasteiger partial charge in [0.1, 0.15) is 17.1 Å². The number of carbonyl (C=O) groups excluding carboxylic acids is 2. The molecule has 0 aliphatic rings. The van der Waals surface area contributed by atoms with Gasteiger partial charge in [-0.1, -0.05) is 66.7 Å². The number of benzene rings is 4. The van der Waals surface area contributed by atoms with Crippen LogP contribution in [0.3, 0.4) is 0 Å². The quantitative estimate of drug-likeness (QED) is 0.131. The number of aromatic nitrogens is 1. The molecule has 0 unspecified atom stereocenters. The lowest BCUT2D eigenvalue weighted by molar-refractivity contribution is -0.727. The van der Waals surface area contributed by atoms with Crippen LogP contribution in [0.15, 0.2) is 128 Å². The summed E-state index contributed by atoms with van der Waals surface area (Å²) < 4.78 is 12.9. The van der Waals surface area contributed by atoms with E-state index in [4.69, 9.17) is 9.47 Å². The first-order valence-corrected chi connectivity index (χ1v) is 13.9. The summed E-state index contributed by atoms with van der Waals surface area (Å²) in [5, 5.41) is 15.5. The Labute approximate surface area is 250 Å². The number of amides is 2. The molecule has 0 saturated heterocycles. The number of nitrogens with one attached hydrogen (secondary N) is 2. The van der Waals surface area contributed by atoms with E-state index in [0.29, 0.717) is 12.3 Å². The number of urea groups is 1. The fraction of sp³-hybridized carbons (Fsp3) is 0.114. The average Bonchev–Trinajstić information content (AvgIpc) is 3.04. The smallest absolute Gasteiger partial charge is 0.346 e. The molecule has 0 saturated carbocycles. The lowest BCUT2D eigenvalue weighted by Crippen LogP contribution is -2.37. The van der Waals surface area contributed by atoms with E-state index in [1.165, 1.54) is 28.8 Å². The minimum Gasteiger partial charge on any atom is -0.507 e. The predicted octanol–water partition coefficient (Wildman–Crippen LogP) is 6.10. The number of hydrogen-bond acceptors (Lipinski definition) is 5. The summed E-state index contributed by atoms with van der Waals surface area (Å²) in [6, 6.07) is 35.4. The summed E-state index contributed by atoms with van der Waals surface area (Å²) in [5.41, 5.74) is 5.16. The summed E-state index contributed by atoms with van der Waals surface area (Å²) in [4.78, 5) is 24.7. The van der Waals surface area contributed by atoms with Crippen molar-refractivity contribution in [2.75, 3.05) is 11.9 Å². The highest BCUT2D eigenvalue weighted by atomic mass is 16.5. The van der Waals surface area contributed by atoms with Gasteiger partial charge in [-0.05, 0) is 59.2 Å². The molecule has 2 amide bonds. The molecule has 3 N–H and O–H groups in total. The fourth-order valence-electron chi connectivity index (χ4n) is 4.53. The van der Waals surface area contributed by atoms with Gasteiger partial charge in [0.2, 0.25) is 0 Å². The highest BCUT2D eigenvalue weighted by Crippen LogP contribution is 2.24. The highest BCUT2D eigenvalue weighted by molar-refractivity contribution is 5.92. The summed E-state index contributed by atoms with van der Waals surface area (Å²) in [7, 11) is 0. The van der Waals surface area contributed by atoms with E-state index in [1.54, 1.807) is 47.3 Å². The molecule has 0 bridgehead atoms. The standard InChI is InChI=1S/C35H31N3O5/c39-33-15-7-6-14-32(33)34(40)43-25-38-21-8-9-26(24-38)23-36-35(41)37-29-16-18-30(19-17-29)42-22-20-28-12-4-5-13-31(28)27-10-2-1-3-11-27/h1-19,21,24H,20,22-23,25H2,(H2-,36,37,39,40,41)/p+1. The normalized spacial score (nSPS) is 10.5. The van der Waals surface area contributed by atoms with Crippen molar-refractivity contribution in [1.82, 2.24) is 5.32 Å². The summed E-state index contributed by atoms with van der Waals surface area (Å²) in [6.45, 7) is 0.759. The fourth-order valence-corrected chi connectivity index (χ4v) is 4.53. The molecular weight excluding hydrogens is 542 g/mol. The maximum Gasteiger partial charge on any atom is 0.346 e. The molecule has 0 radical (unpaired) electrons. The van der Waals surface area contributed by atoms with Crippen molar-refractivity contribution in [2.45, 2.75) is 19.7 Å². The third-order valence-electron chi connectivity index (χ3n) is 6.70. The second-order valence-corrected chi connectivity index (χ2v) is 9.76. The number of aromatic hydroxyl groups is 1. The number of rotatable bonds is 11. The summed E-state index contributed by atoms with van der Waals surface area (Å²) in [5.74, 6) is -0.0391. The van der Waals surface area contributed by atoms with Gasteiger partial charge >= 0.3 is 12.0 Å². The number of nitrogens with zero attached hydrogens (tertiary/aromatic N) is 1. The van der Waals surface area contributed by atoms with Crippen LogP contribution < -0.4 is 19.9 Å². The first-order valence-electron chi connectivity index (χ1n) is 13.9. The maximum absolute atomic E-state index is 12.5. The van der Waals surface area contributed by atoms with Crippen LogP contribution in [0.25, 0.3) is 11.1 Å². The molecule has 0 aliphatic carbocycles. The molecule has 1 heterocycles. The van der Waals surface area contributed by atoms with Gasteiger partial charge in [-0.15, -0.1) is 0 Å². The third-order valence-corrected chi connectivity index (χ3v) is 6.70. The van der Waals surface area contributed by atoms with Gasteiger partial charge in [0.05, 0.1) is 13.2 Å². The first kappa shape index (κ1) is 28.9. The van der Waals surface area contributed by atoms with Crippen molar-refractivity contribution in [3.05, 3.63) is 144 Å².